The van der Waals surface area contributed by atoms with Gasteiger partial charge in [-0.3, -0.25) is 0 Å². The maximum atomic E-state index is 5.02. The first-order valence-electron chi connectivity index (χ1n) is 2.75. The fraction of sp³-hybridized carbons (Fsp3) is 0.333. The van der Waals surface area contributed by atoms with Crippen LogP contribution in [0.4, 0.5) is 0 Å². The van der Waals surface area contributed by atoms with E-state index in [1.54, 1.807) is 0 Å². The standard InChI is InChI=1S/C3H12N8/c4-8-2(9-5)1-3(10-6)11-7/h1,4-7H2,(H,8,9)(H,10,11). The molecule has 0 saturated carbocycles. The maximum absolute atomic E-state index is 5.02. The molecule has 0 aromatic carbocycles. The van der Waals surface area contributed by atoms with Crippen LogP contribution >= 0.6 is 0 Å². The molecule has 11 heavy (non-hydrogen) atoms. The lowest BCUT2D eigenvalue weighted by atomic mass is 10.4. The van der Waals surface area contributed by atoms with Crippen molar-refractivity contribution in [3.05, 3.63) is 0 Å². The van der Waals surface area contributed by atoms with Gasteiger partial charge in [-0.15, -0.1) is 0 Å². The fourth-order valence-electron chi connectivity index (χ4n) is 0.426. The quantitative estimate of drug-likeness (QED) is 0.108. The van der Waals surface area contributed by atoms with Crippen molar-refractivity contribution in [2.45, 2.75) is 6.42 Å². The lowest BCUT2D eigenvalue weighted by Crippen LogP contribution is -2.39. The Kier molecular flexibility index (Phi) is 4.52. The molecule has 0 aromatic heterocycles. The van der Waals surface area contributed by atoms with Crippen molar-refractivity contribution in [1.82, 2.24) is 10.9 Å². The summed E-state index contributed by atoms with van der Waals surface area (Å²) in [6.07, 6.45) is 0.236. The molecule has 0 saturated heterocycles. The van der Waals surface area contributed by atoms with Crippen LogP contribution in [0.5, 0.6) is 0 Å². The van der Waals surface area contributed by atoms with Crippen LogP contribution in [-0.2, 0) is 0 Å². The van der Waals surface area contributed by atoms with Crippen molar-refractivity contribution < 1.29 is 0 Å². The Bertz CT molecular complexity index is 141. The molecule has 0 rings (SSSR count). The van der Waals surface area contributed by atoms with Crippen molar-refractivity contribution in [2.24, 2.45) is 33.6 Å². The van der Waals surface area contributed by atoms with E-state index < -0.39 is 0 Å². The Labute approximate surface area is 63.6 Å². The summed E-state index contributed by atoms with van der Waals surface area (Å²) in [5, 5.41) is 6.58. The minimum Gasteiger partial charge on any atom is -0.322 e. The molecule has 0 fully saturated rings. The van der Waals surface area contributed by atoms with Gasteiger partial charge >= 0.3 is 0 Å². The minimum atomic E-state index is 0.236. The van der Waals surface area contributed by atoms with Crippen LogP contribution in [0, 0.1) is 0 Å². The predicted molar refractivity (Wildman–Crippen MR) is 42.5 cm³/mol. The van der Waals surface area contributed by atoms with Crippen molar-refractivity contribution in [3.63, 3.8) is 0 Å². The average Bonchev–Trinajstić information content (AvgIpc) is 2.07. The van der Waals surface area contributed by atoms with Crippen LogP contribution < -0.4 is 34.2 Å². The van der Waals surface area contributed by atoms with Gasteiger partial charge in [-0.1, -0.05) is 0 Å². The highest BCUT2D eigenvalue weighted by Crippen LogP contribution is 1.80. The second-order valence-electron chi connectivity index (χ2n) is 1.62. The van der Waals surface area contributed by atoms with E-state index in [9.17, 15) is 0 Å². The van der Waals surface area contributed by atoms with Crippen LogP contribution in [0.3, 0.4) is 0 Å². The van der Waals surface area contributed by atoms with Gasteiger partial charge in [0.05, 0.1) is 6.42 Å². The van der Waals surface area contributed by atoms with Crippen molar-refractivity contribution in [3.8, 4) is 0 Å². The molecule has 10 N–H and O–H groups in total. The third-order valence-corrected chi connectivity index (χ3v) is 0.980. The van der Waals surface area contributed by atoms with E-state index in [4.69, 9.17) is 23.4 Å². The Morgan fingerprint density at radius 1 is 1.00 bits per heavy atom. The Morgan fingerprint density at radius 3 is 1.55 bits per heavy atom. The molecular formula is C3H12N8. The number of hydrogen-bond acceptors (Lipinski definition) is 6. The van der Waals surface area contributed by atoms with E-state index in [1.165, 1.54) is 0 Å². The Balaban J connectivity index is 4.00. The molecule has 64 valence electrons. The van der Waals surface area contributed by atoms with E-state index in [0.717, 1.165) is 0 Å². The molecule has 0 heterocycles. The first kappa shape index (κ1) is 9.46. The van der Waals surface area contributed by atoms with E-state index in [2.05, 4.69) is 21.1 Å². The highest BCUT2D eigenvalue weighted by atomic mass is 15.3. The zero-order valence-electron chi connectivity index (χ0n) is 5.91. The zero-order chi connectivity index (χ0) is 8.69. The maximum Gasteiger partial charge on any atom is 0.143 e. The second-order valence-corrected chi connectivity index (χ2v) is 1.62. The molecule has 0 radical (unpaired) electrons. The average molecular weight is 160 g/mol. The molecular weight excluding hydrogens is 148 g/mol. The van der Waals surface area contributed by atoms with Gasteiger partial charge in [-0.2, -0.15) is 10.2 Å². The van der Waals surface area contributed by atoms with Crippen LogP contribution in [0.15, 0.2) is 10.2 Å². The summed E-state index contributed by atoms with van der Waals surface area (Å²) in [5.41, 5.74) is 4.49. The van der Waals surface area contributed by atoms with Crippen LogP contribution in [-0.4, -0.2) is 11.7 Å². The molecule has 0 spiro atoms. The Morgan fingerprint density at radius 2 is 1.36 bits per heavy atom. The van der Waals surface area contributed by atoms with E-state index >= 15 is 0 Å². The van der Waals surface area contributed by atoms with Gasteiger partial charge in [0, 0.05) is 0 Å². The summed E-state index contributed by atoms with van der Waals surface area (Å²) >= 11 is 0. The van der Waals surface area contributed by atoms with Crippen molar-refractivity contribution >= 4 is 11.7 Å². The summed E-state index contributed by atoms with van der Waals surface area (Å²) in [6.45, 7) is 0. The topological polar surface area (TPSA) is 153 Å². The van der Waals surface area contributed by atoms with Crippen LogP contribution in [0.25, 0.3) is 0 Å². The van der Waals surface area contributed by atoms with Gasteiger partial charge in [-0.05, 0) is 0 Å². The van der Waals surface area contributed by atoms with Gasteiger partial charge in [0.2, 0.25) is 0 Å². The third-order valence-electron chi connectivity index (χ3n) is 0.980. The van der Waals surface area contributed by atoms with Gasteiger partial charge in [0.1, 0.15) is 11.7 Å². The summed E-state index contributed by atoms with van der Waals surface area (Å²) < 4.78 is 0. The molecule has 0 aliphatic rings. The van der Waals surface area contributed by atoms with Crippen molar-refractivity contribution in [2.75, 3.05) is 0 Å². The monoisotopic (exact) mass is 160 g/mol. The van der Waals surface area contributed by atoms with Gasteiger partial charge in [0.15, 0.2) is 0 Å². The lowest BCUT2D eigenvalue weighted by molar-refractivity contribution is 0.941. The summed E-state index contributed by atoms with van der Waals surface area (Å²) in [6, 6.07) is 0. The molecule has 8 nitrogen and oxygen atoms in total. The number of amidine groups is 2. The molecule has 0 bridgehead atoms. The van der Waals surface area contributed by atoms with E-state index in [-0.39, 0.29) is 6.42 Å². The van der Waals surface area contributed by atoms with Gasteiger partial charge in [-0.25, -0.2) is 11.7 Å². The summed E-state index contributed by atoms with van der Waals surface area (Å²) in [4.78, 5) is 0. The smallest absolute Gasteiger partial charge is 0.143 e. The highest BCUT2D eigenvalue weighted by Gasteiger charge is 2.01. The molecule has 0 aromatic rings. The van der Waals surface area contributed by atoms with Crippen molar-refractivity contribution in [1.29, 1.82) is 0 Å². The molecule has 0 atom stereocenters. The van der Waals surface area contributed by atoms with E-state index in [1.807, 2.05) is 0 Å². The Hall–Kier alpha value is -1.54. The predicted octanol–water partition coefficient (Wildman–Crippen LogP) is -3.15. The highest BCUT2D eigenvalue weighted by molar-refractivity contribution is 6.01. The number of hydrazine groups is 2. The molecule has 8 heteroatoms. The molecule has 0 unspecified atom stereocenters. The number of rotatable bonds is 2. The summed E-state index contributed by atoms with van der Waals surface area (Å²) in [5.74, 6) is 20.5. The number of nitrogens with one attached hydrogen (secondary N) is 2. The molecule has 0 aliphatic carbocycles. The van der Waals surface area contributed by atoms with Gasteiger partial charge < -0.3 is 22.5 Å². The summed E-state index contributed by atoms with van der Waals surface area (Å²) in [7, 11) is 0. The lowest BCUT2D eigenvalue weighted by Gasteiger charge is -2.04. The fourth-order valence-corrected chi connectivity index (χ4v) is 0.426. The minimum absolute atomic E-state index is 0.236. The van der Waals surface area contributed by atoms with E-state index in [0.29, 0.717) is 11.7 Å². The van der Waals surface area contributed by atoms with Crippen LogP contribution in [0.2, 0.25) is 0 Å². The number of nitrogens with zero attached hydrogens (tertiary/aromatic N) is 2. The molecule has 0 aliphatic heterocycles. The zero-order valence-corrected chi connectivity index (χ0v) is 5.91. The molecule has 0 amide bonds. The second kappa shape index (κ2) is 5.26. The number of nitrogens with two attached hydrogens (primary N) is 4. The first-order chi connectivity index (χ1) is 5.28. The SMILES string of the molecule is N/N=C(/C/C(=N/N)NN)NN. The van der Waals surface area contributed by atoms with Crippen LogP contribution in [0.1, 0.15) is 6.42 Å². The third kappa shape index (κ3) is 3.23. The largest absolute Gasteiger partial charge is 0.322 e. The number of hydrazone groups is 2. The number of hydrogen-bond donors (Lipinski definition) is 6. The normalized spacial score (nSPS) is 12.9. The first-order valence-corrected chi connectivity index (χ1v) is 2.75. The van der Waals surface area contributed by atoms with Gasteiger partial charge in [0.25, 0.3) is 0 Å².